The van der Waals surface area contributed by atoms with E-state index in [4.69, 9.17) is 20.6 Å². The lowest BCUT2D eigenvalue weighted by atomic mass is 10.1. The zero-order valence-corrected chi connectivity index (χ0v) is 21.5. The maximum absolute atomic E-state index is 6.23. The predicted molar refractivity (Wildman–Crippen MR) is 108 cm³/mol. The van der Waals surface area contributed by atoms with Crippen LogP contribution in [0.1, 0.15) is 58.3 Å². The van der Waals surface area contributed by atoms with Gasteiger partial charge in [-0.2, -0.15) is 0 Å². The van der Waals surface area contributed by atoms with Crippen molar-refractivity contribution in [2.75, 3.05) is 0 Å². The fourth-order valence-corrected chi connectivity index (χ4v) is 15.0. The second-order valence-electron chi connectivity index (χ2n) is 6.17. The van der Waals surface area contributed by atoms with Crippen LogP contribution < -0.4 is 0 Å². The first-order chi connectivity index (χ1) is 11.2. The molecule has 1 saturated heterocycles. The van der Waals surface area contributed by atoms with Crippen LogP contribution in [-0.4, -0.2) is 48.6 Å². The van der Waals surface area contributed by atoms with Gasteiger partial charge < -0.3 is 20.6 Å². The van der Waals surface area contributed by atoms with Crippen LogP contribution in [0.15, 0.2) is 12.7 Å². The Hall–Kier alpha value is 0.624. The Morgan fingerprint density at radius 3 is 2.09 bits per heavy atom. The van der Waals surface area contributed by atoms with Gasteiger partial charge in [-0.15, -0.1) is 6.58 Å². The van der Waals surface area contributed by atoms with Crippen molar-refractivity contribution in [3.63, 3.8) is 0 Å². The van der Waals surface area contributed by atoms with E-state index >= 15 is 0 Å². The Balaban J connectivity index is 2.47. The van der Waals surface area contributed by atoms with Crippen molar-refractivity contribution in [2.24, 2.45) is 0 Å². The van der Waals surface area contributed by atoms with Crippen molar-refractivity contribution in [2.45, 2.75) is 70.4 Å². The van der Waals surface area contributed by atoms with Gasteiger partial charge >= 0.3 is 8.56 Å². The largest absolute Gasteiger partial charge is 0.425 e. The van der Waals surface area contributed by atoms with Crippen LogP contribution in [0.5, 0.6) is 0 Å². The standard InChI is InChI=1S/C13H34O5Si5/c1-4-6-7-8-9-10-12-13(11-5-2)23(3)17-21-15-19-14-20-16-22-18-23/h5,13H,2,4,6-12,19-22H2,1,3H3. The fraction of sp³-hybridized carbons (Fsp3) is 0.846. The molecule has 0 aromatic carbocycles. The molecule has 0 aromatic heterocycles. The van der Waals surface area contributed by atoms with E-state index in [1.165, 1.54) is 44.9 Å². The van der Waals surface area contributed by atoms with Gasteiger partial charge in [0, 0.05) is 5.54 Å². The zero-order valence-electron chi connectivity index (χ0n) is 14.9. The van der Waals surface area contributed by atoms with Gasteiger partial charge in [0.1, 0.15) is 0 Å². The smallest absolute Gasteiger partial charge is 0.320 e. The molecule has 1 unspecified atom stereocenters. The van der Waals surface area contributed by atoms with Gasteiger partial charge in [0.15, 0.2) is 0 Å². The normalized spacial score (nSPS) is 29.1. The van der Waals surface area contributed by atoms with Crippen LogP contribution in [0.4, 0.5) is 0 Å². The number of rotatable bonds is 10. The molecule has 1 rings (SSSR count). The average Bonchev–Trinajstić information content (AvgIpc) is 2.56. The number of allylic oxidation sites excluding steroid dienone is 1. The maximum atomic E-state index is 6.23. The summed E-state index contributed by atoms with van der Waals surface area (Å²) in [4.78, 5) is 0. The molecular formula is C13H34O5Si5. The molecule has 136 valence electrons. The molecule has 0 radical (unpaired) electrons. The third-order valence-corrected chi connectivity index (χ3v) is 15.8. The van der Waals surface area contributed by atoms with E-state index in [0.29, 0.717) is 5.54 Å². The maximum Gasteiger partial charge on any atom is 0.320 e. The van der Waals surface area contributed by atoms with E-state index in [0.717, 1.165) is 6.42 Å². The van der Waals surface area contributed by atoms with E-state index in [1.807, 2.05) is 6.08 Å². The first kappa shape index (κ1) is 21.7. The highest BCUT2D eigenvalue weighted by molar-refractivity contribution is 6.75. The Bertz CT molecular complexity index is 300. The molecule has 1 aliphatic heterocycles. The fourth-order valence-electron chi connectivity index (χ4n) is 2.78. The zero-order chi connectivity index (χ0) is 16.8. The van der Waals surface area contributed by atoms with E-state index in [1.54, 1.807) is 0 Å². The van der Waals surface area contributed by atoms with Gasteiger partial charge in [0.05, 0.1) is 0 Å². The first-order valence-corrected chi connectivity index (χ1v) is 15.9. The molecule has 23 heavy (non-hydrogen) atoms. The summed E-state index contributed by atoms with van der Waals surface area (Å²) in [6.07, 6.45) is 12.1. The average molecular weight is 411 g/mol. The van der Waals surface area contributed by atoms with Crippen molar-refractivity contribution < 1.29 is 20.6 Å². The highest BCUT2D eigenvalue weighted by Gasteiger charge is 2.39. The summed E-state index contributed by atoms with van der Waals surface area (Å²) < 4.78 is 29.2. The third kappa shape index (κ3) is 9.62. The SMILES string of the molecule is C=CCC(CCCCCCCC)[Si]1(C)O[SiH2]O[SiH2]O[SiH2]O[SiH2]O1. The van der Waals surface area contributed by atoms with E-state index < -0.39 is 48.6 Å². The van der Waals surface area contributed by atoms with Gasteiger partial charge in [0.25, 0.3) is 40.0 Å². The quantitative estimate of drug-likeness (QED) is 0.303. The highest BCUT2D eigenvalue weighted by Crippen LogP contribution is 2.33. The predicted octanol–water partition coefficient (Wildman–Crippen LogP) is 0.847. The van der Waals surface area contributed by atoms with Crippen molar-refractivity contribution in [1.29, 1.82) is 0 Å². The molecule has 1 aliphatic rings. The molecule has 0 aliphatic carbocycles. The topological polar surface area (TPSA) is 46.2 Å². The molecule has 0 N–H and O–H groups in total. The lowest BCUT2D eigenvalue weighted by molar-refractivity contribution is 0.301. The summed E-state index contributed by atoms with van der Waals surface area (Å²) >= 11 is 0. The van der Waals surface area contributed by atoms with Gasteiger partial charge in [-0.05, 0) is 19.4 Å². The molecule has 1 heterocycles. The Morgan fingerprint density at radius 1 is 0.913 bits per heavy atom. The molecule has 0 amide bonds. The van der Waals surface area contributed by atoms with E-state index in [2.05, 4.69) is 20.0 Å². The molecule has 1 atom stereocenters. The lowest BCUT2D eigenvalue weighted by Crippen LogP contribution is -2.47. The monoisotopic (exact) mass is 410 g/mol. The van der Waals surface area contributed by atoms with E-state index in [9.17, 15) is 0 Å². The molecule has 0 spiro atoms. The van der Waals surface area contributed by atoms with Crippen LogP contribution in [0.3, 0.4) is 0 Å². The Labute approximate surface area is 152 Å². The minimum Gasteiger partial charge on any atom is -0.425 e. The summed E-state index contributed by atoms with van der Waals surface area (Å²) in [6, 6.07) is 0. The van der Waals surface area contributed by atoms with Crippen LogP contribution in [0, 0.1) is 0 Å². The Morgan fingerprint density at radius 2 is 1.48 bits per heavy atom. The van der Waals surface area contributed by atoms with Crippen molar-refractivity contribution in [3.8, 4) is 0 Å². The minimum atomic E-state index is -2.21. The summed E-state index contributed by atoms with van der Waals surface area (Å²) in [6.45, 7) is 8.40. The Kier molecular flexibility index (Phi) is 13.1. The van der Waals surface area contributed by atoms with Gasteiger partial charge in [0.2, 0.25) is 0 Å². The van der Waals surface area contributed by atoms with Crippen molar-refractivity contribution in [1.82, 2.24) is 0 Å². The molecule has 0 saturated carbocycles. The minimum absolute atomic E-state index is 0.474. The number of hydrogen-bond donors (Lipinski definition) is 0. The summed E-state index contributed by atoms with van der Waals surface area (Å²) in [5, 5.41) is 0. The summed E-state index contributed by atoms with van der Waals surface area (Å²) in [5.74, 6) is 0. The van der Waals surface area contributed by atoms with Crippen molar-refractivity contribution >= 4 is 48.6 Å². The molecule has 0 bridgehead atoms. The van der Waals surface area contributed by atoms with E-state index in [-0.39, 0.29) is 0 Å². The first-order valence-electron chi connectivity index (χ1n) is 8.85. The number of unbranched alkanes of at least 4 members (excludes halogenated alkanes) is 5. The van der Waals surface area contributed by atoms with Crippen LogP contribution in [-0.2, 0) is 20.6 Å². The third-order valence-electron chi connectivity index (χ3n) is 4.29. The number of hydrogen-bond acceptors (Lipinski definition) is 5. The van der Waals surface area contributed by atoms with Crippen LogP contribution in [0.25, 0.3) is 0 Å². The van der Waals surface area contributed by atoms with Gasteiger partial charge in [-0.25, -0.2) is 0 Å². The van der Waals surface area contributed by atoms with Crippen LogP contribution >= 0.6 is 0 Å². The van der Waals surface area contributed by atoms with Crippen LogP contribution in [0.2, 0.25) is 12.1 Å². The second-order valence-corrected chi connectivity index (χ2v) is 17.2. The molecule has 0 aromatic rings. The highest BCUT2D eigenvalue weighted by atomic mass is 28.5. The lowest BCUT2D eigenvalue weighted by Gasteiger charge is -2.35. The molecule has 1 fully saturated rings. The summed E-state index contributed by atoms with van der Waals surface area (Å²) in [7, 11) is -5.85. The molecule has 5 nitrogen and oxygen atoms in total. The van der Waals surface area contributed by atoms with Crippen molar-refractivity contribution in [3.05, 3.63) is 12.7 Å². The molecule has 10 heteroatoms. The summed E-state index contributed by atoms with van der Waals surface area (Å²) in [5.41, 5.74) is 0.474. The molecular weight excluding hydrogens is 377 g/mol. The van der Waals surface area contributed by atoms with Gasteiger partial charge in [-0.3, -0.25) is 0 Å². The second kappa shape index (κ2) is 13.9. The van der Waals surface area contributed by atoms with Gasteiger partial charge in [-0.1, -0.05) is 51.5 Å².